The molecule has 0 aromatic carbocycles. The SMILES string of the molecule is C=CCNC(=O)NC1CCC(=O)c2sccc21. The summed E-state index contributed by atoms with van der Waals surface area (Å²) in [5, 5.41) is 7.43. The minimum Gasteiger partial charge on any atom is -0.335 e. The highest BCUT2D eigenvalue weighted by molar-refractivity contribution is 7.12. The maximum atomic E-state index is 11.6. The van der Waals surface area contributed by atoms with Crippen molar-refractivity contribution in [3.8, 4) is 0 Å². The van der Waals surface area contributed by atoms with Gasteiger partial charge in [-0.2, -0.15) is 0 Å². The first-order chi connectivity index (χ1) is 8.22. The second-order valence-electron chi connectivity index (χ2n) is 3.86. The smallest absolute Gasteiger partial charge is 0.315 e. The molecule has 1 atom stereocenters. The number of thiophene rings is 1. The second-order valence-corrected chi connectivity index (χ2v) is 4.78. The average Bonchev–Trinajstić information content (AvgIpc) is 2.80. The van der Waals surface area contributed by atoms with E-state index < -0.39 is 0 Å². The van der Waals surface area contributed by atoms with Crippen LogP contribution in [0.25, 0.3) is 0 Å². The Morgan fingerprint density at radius 1 is 1.65 bits per heavy atom. The van der Waals surface area contributed by atoms with Crippen molar-refractivity contribution >= 4 is 23.2 Å². The number of fused-ring (bicyclic) bond motifs is 1. The molecule has 17 heavy (non-hydrogen) atoms. The van der Waals surface area contributed by atoms with Gasteiger partial charge in [0.1, 0.15) is 0 Å². The Bertz CT molecular complexity index is 453. The van der Waals surface area contributed by atoms with Crippen molar-refractivity contribution in [1.29, 1.82) is 0 Å². The van der Waals surface area contributed by atoms with Crippen LogP contribution in [-0.4, -0.2) is 18.4 Å². The second kappa shape index (κ2) is 5.14. The van der Waals surface area contributed by atoms with E-state index in [1.807, 2.05) is 11.4 Å². The Labute approximate surface area is 104 Å². The summed E-state index contributed by atoms with van der Waals surface area (Å²) in [6, 6.07) is 1.63. The van der Waals surface area contributed by atoms with E-state index in [1.165, 1.54) is 11.3 Å². The predicted molar refractivity (Wildman–Crippen MR) is 67.4 cm³/mol. The fraction of sp³-hybridized carbons (Fsp3) is 0.333. The zero-order valence-electron chi connectivity index (χ0n) is 9.36. The van der Waals surface area contributed by atoms with Gasteiger partial charge in [-0.1, -0.05) is 6.08 Å². The minimum absolute atomic E-state index is 0.0567. The molecule has 1 heterocycles. The van der Waals surface area contributed by atoms with E-state index in [4.69, 9.17) is 0 Å². The van der Waals surface area contributed by atoms with Crippen LogP contribution in [0.4, 0.5) is 4.79 Å². The highest BCUT2D eigenvalue weighted by Gasteiger charge is 2.27. The topological polar surface area (TPSA) is 58.2 Å². The molecule has 2 N–H and O–H groups in total. The molecule has 0 fully saturated rings. The van der Waals surface area contributed by atoms with E-state index in [1.54, 1.807) is 6.08 Å². The fourth-order valence-corrected chi connectivity index (χ4v) is 2.82. The number of Topliss-reactive ketones (excluding diaryl/α,β-unsaturated/α-hetero) is 1. The Kier molecular flexibility index (Phi) is 3.58. The molecule has 1 aliphatic rings. The van der Waals surface area contributed by atoms with Gasteiger partial charge in [0.05, 0.1) is 10.9 Å². The van der Waals surface area contributed by atoms with Crippen molar-refractivity contribution in [3.05, 3.63) is 34.5 Å². The van der Waals surface area contributed by atoms with Crippen LogP contribution in [0, 0.1) is 0 Å². The zero-order chi connectivity index (χ0) is 12.3. The van der Waals surface area contributed by atoms with E-state index in [0.29, 0.717) is 19.4 Å². The van der Waals surface area contributed by atoms with Crippen molar-refractivity contribution in [1.82, 2.24) is 10.6 Å². The summed E-state index contributed by atoms with van der Waals surface area (Å²) in [6.07, 6.45) is 2.80. The summed E-state index contributed by atoms with van der Waals surface area (Å²) in [5.74, 6) is 0.180. The molecule has 0 saturated heterocycles. The van der Waals surface area contributed by atoms with Gasteiger partial charge < -0.3 is 10.6 Å². The number of carbonyl (C=O) groups excluding carboxylic acids is 2. The van der Waals surface area contributed by atoms with Crippen LogP contribution in [0.1, 0.15) is 34.1 Å². The maximum Gasteiger partial charge on any atom is 0.315 e. The molecule has 0 saturated carbocycles. The lowest BCUT2D eigenvalue weighted by Gasteiger charge is -2.22. The van der Waals surface area contributed by atoms with E-state index >= 15 is 0 Å². The number of nitrogens with one attached hydrogen (secondary N) is 2. The van der Waals surface area contributed by atoms with Crippen LogP contribution in [-0.2, 0) is 0 Å². The Morgan fingerprint density at radius 3 is 3.24 bits per heavy atom. The molecule has 90 valence electrons. The van der Waals surface area contributed by atoms with Gasteiger partial charge in [0.2, 0.25) is 0 Å². The summed E-state index contributed by atoms with van der Waals surface area (Å²) in [6.45, 7) is 3.97. The minimum atomic E-state index is -0.221. The largest absolute Gasteiger partial charge is 0.335 e. The molecule has 2 amide bonds. The molecule has 5 heteroatoms. The van der Waals surface area contributed by atoms with E-state index in [0.717, 1.165) is 10.4 Å². The van der Waals surface area contributed by atoms with Gasteiger partial charge in [0, 0.05) is 13.0 Å². The van der Waals surface area contributed by atoms with Gasteiger partial charge in [-0.15, -0.1) is 17.9 Å². The van der Waals surface area contributed by atoms with Gasteiger partial charge in [-0.3, -0.25) is 4.79 Å². The fourth-order valence-electron chi connectivity index (χ4n) is 1.89. The first-order valence-electron chi connectivity index (χ1n) is 5.48. The number of hydrogen-bond donors (Lipinski definition) is 2. The number of carbonyl (C=O) groups is 2. The first-order valence-corrected chi connectivity index (χ1v) is 6.36. The average molecular weight is 250 g/mol. The molecular weight excluding hydrogens is 236 g/mol. The van der Waals surface area contributed by atoms with Gasteiger partial charge in [-0.25, -0.2) is 4.79 Å². The first kappa shape index (κ1) is 11.9. The quantitative estimate of drug-likeness (QED) is 0.808. The summed E-state index contributed by atoms with van der Waals surface area (Å²) < 4.78 is 0. The molecule has 1 aromatic heterocycles. The Balaban J connectivity index is 2.04. The van der Waals surface area contributed by atoms with Crippen LogP contribution in [0.5, 0.6) is 0 Å². The number of ketones is 1. The van der Waals surface area contributed by atoms with Crippen LogP contribution < -0.4 is 10.6 Å². The highest BCUT2D eigenvalue weighted by atomic mass is 32.1. The monoisotopic (exact) mass is 250 g/mol. The van der Waals surface area contributed by atoms with Crippen molar-refractivity contribution in [2.75, 3.05) is 6.54 Å². The number of urea groups is 1. The van der Waals surface area contributed by atoms with Gasteiger partial charge in [-0.05, 0) is 23.4 Å². The van der Waals surface area contributed by atoms with Crippen LogP contribution in [0.15, 0.2) is 24.1 Å². The number of rotatable bonds is 3. The van der Waals surface area contributed by atoms with Gasteiger partial charge in [0.15, 0.2) is 5.78 Å². The molecule has 0 aliphatic heterocycles. The van der Waals surface area contributed by atoms with Gasteiger partial charge in [0.25, 0.3) is 0 Å². The predicted octanol–water partition coefficient (Wildman–Crippen LogP) is 2.25. The van der Waals surface area contributed by atoms with Crippen LogP contribution >= 0.6 is 11.3 Å². The lowest BCUT2D eigenvalue weighted by molar-refractivity contribution is 0.0968. The zero-order valence-corrected chi connectivity index (χ0v) is 10.2. The lowest BCUT2D eigenvalue weighted by Crippen LogP contribution is -2.39. The molecule has 0 spiro atoms. The third kappa shape index (κ3) is 2.55. The van der Waals surface area contributed by atoms with Crippen molar-refractivity contribution < 1.29 is 9.59 Å². The third-order valence-corrected chi connectivity index (χ3v) is 3.67. The Morgan fingerprint density at radius 2 is 2.47 bits per heavy atom. The van der Waals surface area contributed by atoms with Crippen molar-refractivity contribution in [2.45, 2.75) is 18.9 Å². The summed E-state index contributed by atoms with van der Waals surface area (Å²) >= 11 is 1.44. The Hall–Kier alpha value is -1.62. The van der Waals surface area contributed by atoms with Crippen LogP contribution in [0.3, 0.4) is 0 Å². The molecule has 4 nitrogen and oxygen atoms in total. The summed E-state index contributed by atoms with van der Waals surface area (Å²) in [4.78, 5) is 23.9. The molecule has 1 aromatic rings. The molecule has 2 rings (SSSR count). The molecular formula is C12H14N2O2S. The van der Waals surface area contributed by atoms with Gasteiger partial charge >= 0.3 is 6.03 Å². The van der Waals surface area contributed by atoms with E-state index in [9.17, 15) is 9.59 Å². The van der Waals surface area contributed by atoms with Crippen LogP contribution in [0.2, 0.25) is 0 Å². The van der Waals surface area contributed by atoms with E-state index in [2.05, 4.69) is 17.2 Å². The summed E-state index contributed by atoms with van der Waals surface area (Å²) in [5.41, 5.74) is 0.944. The highest BCUT2D eigenvalue weighted by Crippen LogP contribution is 2.33. The van der Waals surface area contributed by atoms with Crippen molar-refractivity contribution in [3.63, 3.8) is 0 Å². The molecule has 0 bridgehead atoms. The molecule has 1 unspecified atom stereocenters. The molecule has 1 aliphatic carbocycles. The molecule has 0 radical (unpaired) electrons. The standard InChI is InChI=1S/C12H14N2O2S/c1-2-6-13-12(16)14-9-3-4-10(15)11-8(9)5-7-17-11/h2,5,7,9H,1,3-4,6H2,(H2,13,14,16). The van der Waals surface area contributed by atoms with Crippen molar-refractivity contribution in [2.24, 2.45) is 0 Å². The third-order valence-electron chi connectivity index (χ3n) is 2.70. The number of hydrogen-bond acceptors (Lipinski definition) is 3. The maximum absolute atomic E-state index is 11.6. The summed E-state index contributed by atoms with van der Waals surface area (Å²) in [7, 11) is 0. The van der Waals surface area contributed by atoms with E-state index in [-0.39, 0.29) is 17.9 Å². The number of amides is 2. The normalized spacial score (nSPS) is 18.4. The lowest BCUT2D eigenvalue weighted by atomic mass is 9.93.